The van der Waals surface area contributed by atoms with Gasteiger partial charge >= 0.3 is 0 Å². The van der Waals surface area contributed by atoms with Gasteiger partial charge in [0.25, 0.3) is 10.4 Å². The van der Waals surface area contributed by atoms with Gasteiger partial charge in [-0.1, -0.05) is 0 Å². The van der Waals surface area contributed by atoms with Gasteiger partial charge in [-0.2, -0.15) is 9.36 Å². The van der Waals surface area contributed by atoms with Crippen molar-refractivity contribution in [1.29, 1.82) is 0 Å². The van der Waals surface area contributed by atoms with E-state index in [2.05, 4.69) is 9.36 Å². The summed E-state index contributed by atoms with van der Waals surface area (Å²) in [5, 5.41) is 0.800. The summed E-state index contributed by atoms with van der Waals surface area (Å²) in [4.78, 5) is 30.4. The number of rotatable bonds is 4. The molecule has 1 aromatic rings. The molecule has 22 heavy (non-hydrogen) atoms. The second-order valence-corrected chi connectivity index (χ2v) is 7.00. The highest BCUT2D eigenvalue weighted by molar-refractivity contribution is 8.13. The lowest BCUT2D eigenvalue weighted by Gasteiger charge is -2.30. The number of amides is 2. The van der Waals surface area contributed by atoms with Crippen LogP contribution in [0.4, 0.5) is 4.79 Å². The second-order valence-electron chi connectivity index (χ2n) is 5.37. The van der Waals surface area contributed by atoms with E-state index in [4.69, 9.17) is 4.74 Å². The molecule has 0 radical (unpaired) electrons. The lowest BCUT2D eigenvalue weighted by molar-refractivity contribution is -0.130. The molecule has 0 aromatic carbocycles. The van der Waals surface area contributed by atoms with E-state index in [9.17, 15) is 9.59 Å². The van der Waals surface area contributed by atoms with Crippen LogP contribution < -0.4 is 4.74 Å². The Kier molecular flexibility index (Phi) is 6.01. The van der Waals surface area contributed by atoms with Crippen molar-refractivity contribution >= 4 is 34.4 Å². The Hall–Kier alpha value is -1.35. The molecule has 0 unspecified atom stereocenters. The zero-order chi connectivity index (χ0) is 16.1. The van der Waals surface area contributed by atoms with Gasteiger partial charge in [0, 0.05) is 57.4 Å². The first-order valence-electron chi connectivity index (χ1n) is 7.07. The molecular formula is C13H20N4O3S2. The highest BCUT2D eigenvalue weighted by Crippen LogP contribution is 2.25. The topological polar surface area (TPSA) is 75.6 Å². The van der Waals surface area contributed by atoms with Crippen LogP contribution in [0, 0.1) is 5.92 Å². The normalized spacial score (nSPS) is 15.7. The van der Waals surface area contributed by atoms with Crippen LogP contribution in [-0.2, 0) is 4.79 Å². The van der Waals surface area contributed by atoms with Crippen molar-refractivity contribution in [2.24, 2.45) is 5.92 Å². The van der Waals surface area contributed by atoms with E-state index in [0.717, 1.165) is 49.2 Å². The minimum absolute atomic E-state index is 0.110. The van der Waals surface area contributed by atoms with Crippen molar-refractivity contribution < 1.29 is 14.3 Å². The lowest BCUT2D eigenvalue weighted by Crippen LogP contribution is -2.38. The number of hydrogen-bond donors (Lipinski definition) is 0. The SMILES string of the molecule is CC(=O)N1CCC(COc2nc(SC(=O)N(C)C)ns2)CC1. The lowest BCUT2D eigenvalue weighted by atomic mass is 9.98. The summed E-state index contributed by atoms with van der Waals surface area (Å²) in [5.74, 6) is 0.565. The minimum atomic E-state index is -0.110. The monoisotopic (exact) mass is 344 g/mol. The van der Waals surface area contributed by atoms with Gasteiger partial charge in [0.1, 0.15) is 0 Å². The molecule has 0 atom stereocenters. The summed E-state index contributed by atoms with van der Waals surface area (Å²) in [6, 6.07) is 0. The zero-order valence-corrected chi connectivity index (χ0v) is 14.6. The molecule has 2 amide bonds. The fraction of sp³-hybridized carbons (Fsp3) is 0.692. The van der Waals surface area contributed by atoms with Crippen molar-refractivity contribution in [1.82, 2.24) is 19.2 Å². The van der Waals surface area contributed by atoms with Crippen molar-refractivity contribution in [2.75, 3.05) is 33.8 Å². The molecule has 9 heteroatoms. The molecule has 1 saturated heterocycles. The fourth-order valence-corrected chi connectivity index (χ4v) is 3.30. The Labute approximate surface area is 138 Å². The van der Waals surface area contributed by atoms with E-state index in [1.807, 2.05) is 4.90 Å². The predicted molar refractivity (Wildman–Crippen MR) is 85.3 cm³/mol. The number of piperidine rings is 1. The van der Waals surface area contributed by atoms with Crippen LogP contribution in [0.5, 0.6) is 5.19 Å². The van der Waals surface area contributed by atoms with E-state index >= 15 is 0 Å². The molecular weight excluding hydrogens is 324 g/mol. The van der Waals surface area contributed by atoms with Gasteiger partial charge in [-0.25, -0.2) is 0 Å². The first-order chi connectivity index (χ1) is 10.5. The number of ether oxygens (including phenoxy) is 1. The Bertz CT molecular complexity index is 527. The highest BCUT2D eigenvalue weighted by Gasteiger charge is 2.21. The number of likely N-dealkylation sites (tertiary alicyclic amines) is 1. The molecule has 2 heterocycles. The smallest absolute Gasteiger partial charge is 0.293 e. The summed E-state index contributed by atoms with van der Waals surface area (Å²) in [7, 11) is 3.37. The van der Waals surface area contributed by atoms with Gasteiger partial charge in [-0.15, -0.1) is 0 Å². The Morgan fingerprint density at radius 1 is 1.41 bits per heavy atom. The third kappa shape index (κ3) is 4.84. The molecule has 0 saturated carbocycles. The number of nitrogens with zero attached hydrogens (tertiary/aromatic N) is 4. The van der Waals surface area contributed by atoms with Gasteiger partial charge in [0.05, 0.1) is 6.61 Å². The van der Waals surface area contributed by atoms with E-state index in [0.29, 0.717) is 22.9 Å². The zero-order valence-electron chi connectivity index (χ0n) is 12.9. The molecule has 1 aliphatic rings. The molecule has 0 spiro atoms. The molecule has 122 valence electrons. The van der Waals surface area contributed by atoms with Gasteiger partial charge in [0.15, 0.2) is 0 Å². The van der Waals surface area contributed by atoms with Crippen molar-refractivity contribution in [3.05, 3.63) is 0 Å². The van der Waals surface area contributed by atoms with E-state index in [1.54, 1.807) is 21.0 Å². The molecule has 1 aliphatic heterocycles. The van der Waals surface area contributed by atoms with Crippen molar-refractivity contribution in [2.45, 2.75) is 24.9 Å². The molecule has 1 aromatic heterocycles. The van der Waals surface area contributed by atoms with E-state index < -0.39 is 0 Å². The Balaban J connectivity index is 1.75. The number of thioether (sulfide) groups is 1. The third-order valence-corrected chi connectivity index (χ3v) is 5.08. The van der Waals surface area contributed by atoms with Gasteiger partial charge in [-0.05, 0) is 18.8 Å². The minimum Gasteiger partial charge on any atom is -0.469 e. The molecule has 2 rings (SSSR count). The van der Waals surface area contributed by atoms with Gasteiger partial charge < -0.3 is 14.5 Å². The van der Waals surface area contributed by atoms with Crippen LogP contribution in [-0.4, -0.2) is 64.1 Å². The first kappa shape index (κ1) is 17.0. The van der Waals surface area contributed by atoms with Crippen molar-refractivity contribution in [3.8, 4) is 5.19 Å². The molecule has 1 fully saturated rings. The summed E-state index contributed by atoms with van der Waals surface area (Å²) in [6.07, 6.45) is 1.89. The van der Waals surface area contributed by atoms with Gasteiger partial charge in [0.2, 0.25) is 11.1 Å². The van der Waals surface area contributed by atoms with Crippen LogP contribution in [0.15, 0.2) is 5.16 Å². The number of aromatic nitrogens is 2. The fourth-order valence-electron chi connectivity index (χ4n) is 2.07. The standard InChI is InChI=1S/C13H20N4O3S2/c1-9(18)17-6-4-10(5-7-17)8-20-12-14-11(15-22-12)21-13(19)16(2)3/h10H,4-8H2,1-3H3. The molecule has 7 nitrogen and oxygen atoms in total. The summed E-state index contributed by atoms with van der Waals surface area (Å²) >= 11 is 2.15. The van der Waals surface area contributed by atoms with Crippen LogP contribution in [0.3, 0.4) is 0 Å². The molecule has 0 aliphatic carbocycles. The summed E-state index contributed by atoms with van der Waals surface area (Å²) in [6.45, 7) is 3.76. The van der Waals surface area contributed by atoms with E-state index in [1.165, 1.54) is 4.90 Å². The maximum atomic E-state index is 11.6. The second kappa shape index (κ2) is 7.77. The molecule has 0 bridgehead atoms. The highest BCUT2D eigenvalue weighted by atomic mass is 32.2. The van der Waals surface area contributed by atoms with Crippen LogP contribution in [0.25, 0.3) is 0 Å². The summed E-state index contributed by atoms with van der Waals surface area (Å²) in [5.41, 5.74) is 0. The average molecular weight is 344 g/mol. The Morgan fingerprint density at radius 2 is 2.09 bits per heavy atom. The van der Waals surface area contributed by atoms with Crippen LogP contribution in [0.2, 0.25) is 0 Å². The van der Waals surface area contributed by atoms with E-state index in [-0.39, 0.29) is 11.1 Å². The maximum absolute atomic E-state index is 11.6. The van der Waals surface area contributed by atoms with Gasteiger partial charge in [-0.3, -0.25) is 9.59 Å². The average Bonchev–Trinajstić information content (AvgIpc) is 2.93. The molecule has 0 N–H and O–H groups in total. The number of hydrogen-bond acceptors (Lipinski definition) is 7. The third-order valence-electron chi connectivity index (χ3n) is 3.43. The maximum Gasteiger partial charge on any atom is 0.293 e. The number of carbonyl (C=O) groups is 2. The quantitative estimate of drug-likeness (QED) is 0.777. The van der Waals surface area contributed by atoms with Crippen molar-refractivity contribution in [3.63, 3.8) is 0 Å². The number of carbonyl (C=O) groups excluding carboxylic acids is 2. The largest absolute Gasteiger partial charge is 0.469 e. The first-order valence-corrected chi connectivity index (χ1v) is 8.66. The van der Waals surface area contributed by atoms with Crippen LogP contribution in [0.1, 0.15) is 19.8 Å². The summed E-state index contributed by atoms with van der Waals surface area (Å²) < 4.78 is 9.77. The van der Waals surface area contributed by atoms with Crippen LogP contribution >= 0.6 is 23.3 Å². The predicted octanol–water partition coefficient (Wildman–Crippen LogP) is 1.95. The Morgan fingerprint density at radius 3 is 2.68 bits per heavy atom.